The number of aromatic nitrogens is 4. The zero-order valence-corrected chi connectivity index (χ0v) is 11.8. The van der Waals surface area contributed by atoms with Gasteiger partial charge in [-0.2, -0.15) is 5.21 Å². The lowest BCUT2D eigenvalue weighted by Crippen LogP contribution is -2.46. The lowest BCUT2D eigenvalue weighted by molar-refractivity contribution is -0.0102. The van der Waals surface area contributed by atoms with E-state index in [9.17, 15) is 0 Å². The number of hydrogen-bond donors (Lipinski definition) is 1. The van der Waals surface area contributed by atoms with Crippen LogP contribution in [0, 0.1) is 0 Å². The number of nitrogens with zero attached hydrogens (tertiary/aromatic N) is 3. The number of rotatable bonds is 3. The molecule has 7 heteroatoms. The summed E-state index contributed by atoms with van der Waals surface area (Å²) in [5, 5.41) is 14.1. The van der Waals surface area contributed by atoms with Crippen molar-refractivity contribution in [3.63, 3.8) is 0 Å². The molecule has 20 heavy (non-hydrogen) atoms. The standard InChI is InChI=1S/C13H17BN4O2/c1-12(2)13(3,9-11-15-17-18-16-11)20-14(19-12)10-7-5-4-6-8-10/h4-8H,9H2,1-3H3,(H,15,16,17,18). The van der Waals surface area contributed by atoms with Crippen LogP contribution in [-0.2, 0) is 15.7 Å². The van der Waals surface area contributed by atoms with Crippen molar-refractivity contribution in [3.05, 3.63) is 36.2 Å². The molecule has 0 aliphatic carbocycles. The second-order valence-corrected chi connectivity index (χ2v) is 5.72. The second-order valence-electron chi connectivity index (χ2n) is 5.72. The lowest BCUT2D eigenvalue weighted by atomic mass is 9.79. The molecular weight excluding hydrogens is 255 g/mol. The van der Waals surface area contributed by atoms with Gasteiger partial charge in [0.15, 0.2) is 5.82 Å². The molecule has 0 radical (unpaired) electrons. The number of tetrazole rings is 1. The van der Waals surface area contributed by atoms with Crippen LogP contribution >= 0.6 is 0 Å². The van der Waals surface area contributed by atoms with Crippen molar-refractivity contribution in [2.75, 3.05) is 0 Å². The zero-order chi connectivity index (χ0) is 14.2. The van der Waals surface area contributed by atoms with Crippen LogP contribution in [0.4, 0.5) is 0 Å². The van der Waals surface area contributed by atoms with E-state index in [1.165, 1.54) is 0 Å². The van der Waals surface area contributed by atoms with E-state index in [4.69, 9.17) is 9.31 Å². The van der Waals surface area contributed by atoms with Gasteiger partial charge in [0.05, 0.1) is 11.2 Å². The largest absolute Gasteiger partial charge is 0.494 e. The molecule has 6 nitrogen and oxygen atoms in total. The molecule has 1 aliphatic heterocycles. The van der Waals surface area contributed by atoms with Gasteiger partial charge >= 0.3 is 7.12 Å². The Morgan fingerprint density at radius 1 is 1.15 bits per heavy atom. The van der Waals surface area contributed by atoms with Crippen molar-refractivity contribution in [2.24, 2.45) is 0 Å². The Balaban J connectivity index is 1.85. The van der Waals surface area contributed by atoms with Crippen LogP contribution < -0.4 is 5.46 Å². The summed E-state index contributed by atoms with van der Waals surface area (Å²) in [7, 11) is -0.372. The van der Waals surface area contributed by atoms with Gasteiger partial charge in [-0.25, -0.2) is 0 Å². The average molecular weight is 272 g/mol. The molecule has 0 amide bonds. The van der Waals surface area contributed by atoms with Gasteiger partial charge in [0.1, 0.15) is 0 Å². The summed E-state index contributed by atoms with van der Waals surface area (Å²) in [6.45, 7) is 6.07. The van der Waals surface area contributed by atoms with Gasteiger partial charge in [0.2, 0.25) is 0 Å². The lowest BCUT2D eigenvalue weighted by Gasteiger charge is -2.35. The molecule has 1 atom stereocenters. The second kappa shape index (κ2) is 4.68. The minimum absolute atomic E-state index is 0.372. The fraction of sp³-hybridized carbons (Fsp3) is 0.462. The van der Waals surface area contributed by atoms with Crippen molar-refractivity contribution in [1.82, 2.24) is 20.6 Å². The van der Waals surface area contributed by atoms with Crippen LogP contribution in [0.2, 0.25) is 0 Å². The summed E-state index contributed by atoms with van der Waals surface area (Å²) in [6.07, 6.45) is 0.542. The van der Waals surface area contributed by atoms with E-state index in [0.29, 0.717) is 12.2 Å². The van der Waals surface area contributed by atoms with E-state index >= 15 is 0 Å². The maximum atomic E-state index is 6.18. The summed E-state index contributed by atoms with van der Waals surface area (Å²) in [5.41, 5.74) is 0.0447. The topological polar surface area (TPSA) is 72.9 Å². The Bertz CT molecular complexity index is 575. The zero-order valence-electron chi connectivity index (χ0n) is 11.8. The fourth-order valence-corrected chi connectivity index (χ4v) is 2.35. The molecule has 1 saturated heterocycles. The highest BCUT2D eigenvalue weighted by Gasteiger charge is 2.55. The number of nitrogens with one attached hydrogen (secondary N) is 1. The quantitative estimate of drug-likeness (QED) is 0.833. The molecular formula is C13H17BN4O2. The minimum Gasteiger partial charge on any atom is -0.399 e. The van der Waals surface area contributed by atoms with Crippen LogP contribution in [0.25, 0.3) is 0 Å². The van der Waals surface area contributed by atoms with Gasteiger partial charge in [0, 0.05) is 6.42 Å². The Morgan fingerprint density at radius 2 is 1.90 bits per heavy atom. The molecule has 1 unspecified atom stereocenters. The van der Waals surface area contributed by atoms with Gasteiger partial charge in [-0.05, 0) is 26.2 Å². The number of H-pyrrole nitrogens is 1. The first-order valence-electron chi connectivity index (χ1n) is 6.63. The van der Waals surface area contributed by atoms with E-state index in [-0.39, 0.29) is 7.12 Å². The normalized spacial score (nSPS) is 25.1. The molecule has 104 valence electrons. The van der Waals surface area contributed by atoms with Gasteiger partial charge in [-0.1, -0.05) is 35.5 Å². The smallest absolute Gasteiger partial charge is 0.399 e. The molecule has 1 aliphatic rings. The predicted octanol–water partition coefficient (Wildman–Crippen LogP) is 0.722. The van der Waals surface area contributed by atoms with Crippen LogP contribution in [0.5, 0.6) is 0 Å². The Labute approximate surface area is 118 Å². The molecule has 2 aromatic rings. The first-order valence-corrected chi connectivity index (χ1v) is 6.63. The summed E-state index contributed by atoms with van der Waals surface area (Å²) in [5.74, 6) is 0.623. The fourth-order valence-electron chi connectivity index (χ4n) is 2.35. The molecule has 1 fully saturated rings. The highest BCUT2D eigenvalue weighted by Crippen LogP contribution is 2.38. The van der Waals surface area contributed by atoms with Gasteiger partial charge in [-0.3, -0.25) is 0 Å². The van der Waals surface area contributed by atoms with Crippen LogP contribution in [0.1, 0.15) is 26.6 Å². The third-order valence-electron chi connectivity index (χ3n) is 4.00. The maximum Gasteiger partial charge on any atom is 0.494 e. The Hall–Kier alpha value is -1.73. The van der Waals surface area contributed by atoms with Crippen LogP contribution in [-0.4, -0.2) is 38.9 Å². The van der Waals surface area contributed by atoms with E-state index in [1.807, 2.05) is 51.1 Å². The molecule has 3 rings (SSSR count). The first kappa shape index (κ1) is 13.3. The summed E-state index contributed by atoms with van der Waals surface area (Å²) < 4.78 is 12.3. The van der Waals surface area contributed by atoms with Gasteiger partial charge in [0.25, 0.3) is 0 Å². The average Bonchev–Trinajstić information content (AvgIpc) is 2.98. The molecule has 1 aromatic carbocycles. The third kappa shape index (κ3) is 2.23. The van der Waals surface area contributed by atoms with Crippen molar-refractivity contribution >= 4 is 12.6 Å². The highest BCUT2D eigenvalue weighted by atomic mass is 16.7. The SMILES string of the molecule is CC1(C)OB(c2ccccc2)OC1(C)Cc1nn[nH]n1. The van der Waals surface area contributed by atoms with Crippen LogP contribution in [0.15, 0.2) is 30.3 Å². The Kier molecular flexibility index (Phi) is 3.10. The van der Waals surface area contributed by atoms with Crippen molar-refractivity contribution in [3.8, 4) is 0 Å². The minimum atomic E-state index is -0.516. The molecule has 0 bridgehead atoms. The van der Waals surface area contributed by atoms with Crippen LogP contribution in [0.3, 0.4) is 0 Å². The summed E-state index contributed by atoms with van der Waals surface area (Å²) >= 11 is 0. The summed E-state index contributed by atoms with van der Waals surface area (Å²) in [6, 6.07) is 9.93. The van der Waals surface area contributed by atoms with E-state index in [2.05, 4.69) is 20.6 Å². The Morgan fingerprint density at radius 3 is 2.55 bits per heavy atom. The monoisotopic (exact) mass is 272 g/mol. The first-order chi connectivity index (χ1) is 9.50. The molecule has 1 aromatic heterocycles. The van der Waals surface area contributed by atoms with E-state index in [0.717, 1.165) is 5.46 Å². The van der Waals surface area contributed by atoms with Crippen molar-refractivity contribution in [2.45, 2.75) is 38.4 Å². The number of aromatic amines is 1. The number of benzene rings is 1. The third-order valence-corrected chi connectivity index (χ3v) is 4.00. The van der Waals surface area contributed by atoms with E-state index < -0.39 is 11.2 Å². The maximum absolute atomic E-state index is 6.18. The molecule has 0 saturated carbocycles. The molecule has 0 spiro atoms. The van der Waals surface area contributed by atoms with Gasteiger partial charge < -0.3 is 9.31 Å². The van der Waals surface area contributed by atoms with Crippen molar-refractivity contribution in [1.29, 1.82) is 0 Å². The highest BCUT2D eigenvalue weighted by molar-refractivity contribution is 6.62. The van der Waals surface area contributed by atoms with Crippen molar-refractivity contribution < 1.29 is 9.31 Å². The molecule has 2 heterocycles. The van der Waals surface area contributed by atoms with E-state index in [1.54, 1.807) is 0 Å². The summed E-state index contributed by atoms with van der Waals surface area (Å²) in [4.78, 5) is 0. The number of hydrogen-bond acceptors (Lipinski definition) is 5. The van der Waals surface area contributed by atoms with Gasteiger partial charge in [-0.15, -0.1) is 10.2 Å². The predicted molar refractivity (Wildman–Crippen MR) is 74.4 cm³/mol. The molecule has 1 N–H and O–H groups in total.